The van der Waals surface area contributed by atoms with Crippen LogP contribution in [0.25, 0.3) is 6.08 Å². The van der Waals surface area contributed by atoms with Crippen LogP contribution in [0.1, 0.15) is 5.56 Å². The summed E-state index contributed by atoms with van der Waals surface area (Å²) in [6, 6.07) is 12.9. The minimum absolute atomic E-state index is 0.0276. The maximum absolute atomic E-state index is 12.6. The third-order valence-electron chi connectivity index (χ3n) is 4.67. The summed E-state index contributed by atoms with van der Waals surface area (Å²) in [7, 11) is 3.07. The predicted octanol–water partition coefficient (Wildman–Crippen LogP) is 3.85. The van der Waals surface area contributed by atoms with E-state index in [1.165, 1.54) is 20.3 Å². The van der Waals surface area contributed by atoms with Crippen LogP contribution in [0.15, 0.2) is 46.4 Å². The number of methoxy groups -OCH3 is 2. The van der Waals surface area contributed by atoms with Gasteiger partial charge in [0.2, 0.25) is 0 Å². The highest BCUT2D eigenvalue weighted by Crippen LogP contribution is 2.34. The third kappa shape index (κ3) is 5.12. The van der Waals surface area contributed by atoms with Crippen molar-refractivity contribution in [2.75, 3.05) is 50.7 Å². The van der Waals surface area contributed by atoms with Crippen LogP contribution in [-0.4, -0.2) is 46.4 Å². The Hall–Kier alpha value is -3.02. The number of morpholine rings is 1. The largest absolute Gasteiger partial charge is 0.493 e. The summed E-state index contributed by atoms with van der Waals surface area (Å²) in [4.78, 5) is 14.8. The molecule has 7 nitrogen and oxygen atoms in total. The molecule has 0 spiro atoms. The molecule has 1 aliphatic rings. The standard InChI is InChI=1S/C22H22BrN3O4/c1-28-20-12-15(19(23)13-21(20)29-2)11-16(14-24)22(27)25-17-3-5-18(6-4-17)26-7-9-30-10-8-26/h3-6,11-13H,7-10H2,1-2H3,(H,25,27)/b16-11+. The van der Waals surface area contributed by atoms with Crippen molar-refractivity contribution < 1.29 is 19.0 Å². The Morgan fingerprint density at radius 3 is 2.40 bits per heavy atom. The normalized spacial score (nSPS) is 14.1. The second kappa shape index (κ2) is 10.1. The summed E-state index contributed by atoms with van der Waals surface area (Å²) >= 11 is 3.44. The second-order valence-electron chi connectivity index (χ2n) is 6.50. The Balaban J connectivity index is 1.76. The molecule has 2 aromatic rings. The van der Waals surface area contributed by atoms with Gasteiger partial charge in [0.25, 0.3) is 5.91 Å². The number of carbonyl (C=O) groups excluding carboxylic acids is 1. The summed E-state index contributed by atoms with van der Waals surface area (Å²) in [6.07, 6.45) is 1.50. The van der Waals surface area contributed by atoms with E-state index < -0.39 is 5.91 Å². The zero-order valence-corrected chi connectivity index (χ0v) is 18.4. The van der Waals surface area contributed by atoms with Crippen molar-refractivity contribution in [3.63, 3.8) is 0 Å². The zero-order valence-electron chi connectivity index (χ0n) is 16.8. The number of nitrogens with zero attached hydrogens (tertiary/aromatic N) is 2. The maximum Gasteiger partial charge on any atom is 0.266 e. The number of ether oxygens (including phenoxy) is 3. The number of hydrogen-bond acceptors (Lipinski definition) is 6. The molecule has 1 saturated heterocycles. The van der Waals surface area contributed by atoms with Crippen LogP contribution in [-0.2, 0) is 9.53 Å². The van der Waals surface area contributed by atoms with Crippen LogP contribution >= 0.6 is 15.9 Å². The topological polar surface area (TPSA) is 83.8 Å². The molecule has 1 N–H and O–H groups in total. The first-order chi connectivity index (χ1) is 14.5. The summed E-state index contributed by atoms with van der Waals surface area (Å²) < 4.78 is 16.6. The van der Waals surface area contributed by atoms with Gasteiger partial charge in [0.05, 0.1) is 27.4 Å². The summed E-state index contributed by atoms with van der Waals surface area (Å²) in [5, 5.41) is 12.3. The lowest BCUT2D eigenvalue weighted by atomic mass is 10.1. The Morgan fingerprint density at radius 1 is 1.17 bits per heavy atom. The fourth-order valence-electron chi connectivity index (χ4n) is 3.06. The molecule has 0 aromatic heterocycles. The number of anilines is 2. The van der Waals surface area contributed by atoms with Gasteiger partial charge in [-0.25, -0.2) is 0 Å². The predicted molar refractivity (Wildman–Crippen MR) is 119 cm³/mol. The van der Waals surface area contributed by atoms with Gasteiger partial charge in [-0.3, -0.25) is 4.79 Å². The monoisotopic (exact) mass is 471 g/mol. The molecule has 8 heteroatoms. The lowest BCUT2D eigenvalue weighted by Crippen LogP contribution is -2.36. The summed E-state index contributed by atoms with van der Waals surface area (Å²) in [6.45, 7) is 3.10. The van der Waals surface area contributed by atoms with Crippen LogP contribution in [0.2, 0.25) is 0 Å². The van der Waals surface area contributed by atoms with E-state index >= 15 is 0 Å². The molecule has 0 bridgehead atoms. The van der Waals surface area contributed by atoms with E-state index in [0.29, 0.717) is 40.4 Å². The molecular weight excluding hydrogens is 450 g/mol. The van der Waals surface area contributed by atoms with Gasteiger partial charge in [0.1, 0.15) is 11.6 Å². The van der Waals surface area contributed by atoms with E-state index in [4.69, 9.17) is 14.2 Å². The van der Waals surface area contributed by atoms with Gasteiger partial charge in [0, 0.05) is 28.9 Å². The molecule has 1 fully saturated rings. The third-order valence-corrected chi connectivity index (χ3v) is 5.36. The molecule has 0 unspecified atom stereocenters. The molecule has 1 aliphatic heterocycles. The molecule has 1 amide bonds. The van der Waals surface area contributed by atoms with Crippen molar-refractivity contribution in [1.82, 2.24) is 0 Å². The molecular formula is C22H22BrN3O4. The maximum atomic E-state index is 12.6. The highest BCUT2D eigenvalue weighted by atomic mass is 79.9. The minimum Gasteiger partial charge on any atom is -0.493 e. The molecule has 2 aromatic carbocycles. The quantitative estimate of drug-likeness (QED) is 0.508. The van der Waals surface area contributed by atoms with Crippen molar-refractivity contribution in [1.29, 1.82) is 5.26 Å². The van der Waals surface area contributed by atoms with Gasteiger partial charge < -0.3 is 24.4 Å². The van der Waals surface area contributed by atoms with Crippen molar-refractivity contribution in [3.8, 4) is 17.6 Å². The first kappa shape index (κ1) is 21.7. The minimum atomic E-state index is -0.488. The lowest BCUT2D eigenvalue weighted by molar-refractivity contribution is -0.112. The highest BCUT2D eigenvalue weighted by Gasteiger charge is 2.14. The highest BCUT2D eigenvalue weighted by molar-refractivity contribution is 9.10. The van der Waals surface area contributed by atoms with E-state index in [-0.39, 0.29) is 5.57 Å². The van der Waals surface area contributed by atoms with E-state index in [1.54, 1.807) is 12.1 Å². The molecule has 1 heterocycles. The molecule has 0 atom stereocenters. The number of carbonyl (C=O) groups is 1. The lowest BCUT2D eigenvalue weighted by Gasteiger charge is -2.28. The Bertz CT molecular complexity index is 977. The van der Waals surface area contributed by atoms with E-state index in [0.717, 1.165) is 18.8 Å². The number of amides is 1. The summed E-state index contributed by atoms with van der Waals surface area (Å²) in [5.41, 5.74) is 2.29. The number of rotatable bonds is 6. The van der Waals surface area contributed by atoms with Crippen LogP contribution in [0.4, 0.5) is 11.4 Å². The number of nitrogens with one attached hydrogen (secondary N) is 1. The molecule has 156 valence electrons. The number of halogens is 1. The van der Waals surface area contributed by atoms with Crippen molar-refractivity contribution in [3.05, 3.63) is 52.0 Å². The van der Waals surface area contributed by atoms with Gasteiger partial charge in [0.15, 0.2) is 11.5 Å². The van der Waals surface area contributed by atoms with Gasteiger partial charge in [-0.15, -0.1) is 0 Å². The van der Waals surface area contributed by atoms with Gasteiger partial charge in [-0.1, -0.05) is 15.9 Å². The summed E-state index contributed by atoms with van der Waals surface area (Å²) in [5.74, 6) is 0.562. The van der Waals surface area contributed by atoms with Crippen LogP contribution in [0, 0.1) is 11.3 Å². The SMILES string of the molecule is COc1cc(Br)c(/C=C(\C#N)C(=O)Nc2ccc(N3CCOCC3)cc2)cc1OC. The first-order valence-electron chi connectivity index (χ1n) is 9.33. The van der Waals surface area contributed by atoms with Crippen molar-refractivity contribution in [2.24, 2.45) is 0 Å². The Labute approximate surface area is 184 Å². The van der Waals surface area contributed by atoms with Crippen LogP contribution in [0.3, 0.4) is 0 Å². The van der Waals surface area contributed by atoms with Gasteiger partial charge >= 0.3 is 0 Å². The average Bonchev–Trinajstić information content (AvgIpc) is 2.79. The van der Waals surface area contributed by atoms with Gasteiger partial charge in [-0.2, -0.15) is 5.26 Å². The van der Waals surface area contributed by atoms with Crippen molar-refractivity contribution in [2.45, 2.75) is 0 Å². The molecule has 30 heavy (non-hydrogen) atoms. The number of hydrogen-bond donors (Lipinski definition) is 1. The molecule has 0 saturated carbocycles. The smallest absolute Gasteiger partial charge is 0.266 e. The van der Waals surface area contributed by atoms with Gasteiger partial charge in [-0.05, 0) is 48.0 Å². The average molecular weight is 472 g/mol. The van der Waals surface area contributed by atoms with E-state index in [1.807, 2.05) is 30.3 Å². The molecule has 0 radical (unpaired) electrons. The molecule has 0 aliphatic carbocycles. The molecule has 3 rings (SSSR count). The zero-order chi connectivity index (χ0) is 21.5. The fourth-order valence-corrected chi connectivity index (χ4v) is 3.50. The fraction of sp³-hybridized carbons (Fsp3) is 0.273. The van der Waals surface area contributed by atoms with Crippen LogP contribution < -0.4 is 19.7 Å². The second-order valence-corrected chi connectivity index (χ2v) is 7.35. The Kier molecular flexibility index (Phi) is 7.33. The van der Waals surface area contributed by atoms with Crippen molar-refractivity contribution >= 4 is 39.3 Å². The van der Waals surface area contributed by atoms with Crippen LogP contribution in [0.5, 0.6) is 11.5 Å². The number of benzene rings is 2. The Morgan fingerprint density at radius 2 is 1.80 bits per heavy atom. The first-order valence-corrected chi connectivity index (χ1v) is 10.1. The van der Waals surface area contributed by atoms with E-state index in [9.17, 15) is 10.1 Å². The van der Waals surface area contributed by atoms with E-state index in [2.05, 4.69) is 26.1 Å². The number of nitriles is 1.